The van der Waals surface area contributed by atoms with Crippen LogP contribution in [0.25, 0.3) is 0 Å². The van der Waals surface area contributed by atoms with Gasteiger partial charge in [-0.15, -0.1) is 0 Å². The molecule has 140 valence electrons. The molecular formula is C17H20ClN3O4S. The summed E-state index contributed by atoms with van der Waals surface area (Å²) in [6, 6.07) is 2.71. The minimum atomic E-state index is -3.53. The molecule has 7 nitrogen and oxygen atoms in total. The number of carbonyl (C=O) groups is 1. The lowest BCUT2D eigenvalue weighted by molar-refractivity contribution is 0.103. The normalized spacial score (nSPS) is 14.5. The smallest absolute Gasteiger partial charge is 0.277 e. The minimum absolute atomic E-state index is 0.00496. The van der Waals surface area contributed by atoms with Gasteiger partial charge in [-0.2, -0.15) is 0 Å². The van der Waals surface area contributed by atoms with E-state index in [1.54, 1.807) is 6.92 Å². The Morgan fingerprint density at radius 3 is 2.54 bits per heavy atom. The zero-order chi connectivity index (χ0) is 19.2. The fraction of sp³-hybridized carbons (Fsp3) is 0.412. The molecule has 26 heavy (non-hydrogen) atoms. The molecule has 1 aliphatic carbocycles. The summed E-state index contributed by atoms with van der Waals surface area (Å²) in [5.41, 5.74) is 0.283. The number of H-pyrrole nitrogens is 1. The third kappa shape index (κ3) is 3.43. The number of benzene rings is 1. The number of sulfone groups is 1. The van der Waals surface area contributed by atoms with Gasteiger partial charge in [-0.3, -0.25) is 19.4 Å². The molecule has 3 rings (SSSR count). The minimum Gasteiger partial charge on any atom is -0.382 e. The van der Waals surface area contributed by atoms with Gasteiger partial charge in [0, 0.05) is 31.1 Å². The summed E-state index contributed by atoms with van der Waals surface area (Å²) in [4.78, 5) is 25.1. The van der Waals surface area contributed by atoms with Gasteiger partial charge < -0.3 is 5.32 Å². The zero-order valence-electron chi connectivity index (χ0n) is 14.7. The number of aromatic nitrogens is 2. The van der Waals surface area contributed by atoms with Crippen molar-refractivity contribution in [2.24, 2.45) is 13.0 Å². The van der Waals surface area contributed by atoms with Crippen LogP contribution in [0.5, 0.6) is 0 Å². The monoisotopic (exact) mass is 397 g/mol. The van der Waals surface area contributed by atoms with Crippen molar-refractivity contribution < 1.29 is 13.2 Å². The van der Waals surface area contributed by atoms with Gasteiger partial charge in [0.15, 0.2) is 9.84 Å². The van der Waals surface area contributed by atoms with Gasteiger partial charge in [-0.25, -0.2) is 8.42 Å². The quantitative estimate of drug-likeness (QED) is 0.727. The topological polar surface area (TPSA) is 101 Å². The number of halogens is 1. The summed E-state index contributed by atoms with van der Waals surface area (Å²) < 4.78 is 25.4. The zero-order valence-corrected chi connectivity index (χ0v) is 16.3. The van der Waals surface area contributed by atoms with Gasteiger partial charge in [0.1, 0.15) is 5.56 Å². The predicted octanol–water partition coefficient (Wildman–Crippen LogP) is 2.13. The molecule has 0 spiro atoms. The number of nitrogens with zero attached hydrogens (tertiary/aromatic N) is 1. The highest BCUT2D eigenvalue weighted by Gasteiger charge is 2.27. The Balaban J connectivity index is 2.11. The third-order valence-electron chi connectivity index (χ3n) is 4.47. The number of anilines is 1. The van der Waals surface area contributed by atoms with E-state index in [0.717, 1.165) is 19.1 Å². The van der Waals surface area contributed by atoms with Crippen LogP contribution in [-0.4, -0.2) is 36.8 Å². The maximum Gasteiger partial charge on any atom is 0.277 e. The number of nitrogens with one attached hydrogen (secondary N) is 2. The van der Waals surface area contributed by atoms with E-state index in [9.17, 15) is 18.0 Å². The van der Waals surface area contributed by atoms with Crippen LogP contribution < -0.4 is 10.9 Å². The number of rotatable bonds is 6. The third-order valence-corrected chi connectivity index (χ3v) is 6.00. The van der Waals surface area contributed by atoms with Gasteiger partial charge in [-0.05, 0) is 37.8 Å². The highest BCUT2D eigenvalue weighted by Crippen LogP contribution is 2.36. The van der Waals surface area contributed by atoms with E-state index in [1.807, 2.05) is 0 Å². The van der Waals surface area contributed by atoms with E-state index in [2.05, 4.69) is 10.4 Å². The number of carbonyl (C=O) groups excluding carboxylic acids is 1. The molecule has 9 heteroatoms. The number of ketones is 1. The van der Waals surface area contributed by atoms with Crippen molar-refractivity contribution in [3.05, 3.63) is 44.3 Å². The molecule has 1 heterocycles. The van der Waals surface area contributed by atoms with Crippen molar-refractivity contribution >= 4 is 32.9 Å². The average Bonchev–Trinajstić information content (AvgIpc) is 3.32. The van der Waals surface area contributed by atoms with Crippen molar-refractivity contribution in [2.45, 2.75) is 24.7 Å². The Morgan fingerprint density at radius 1 is 1.38 bits per heavy atom. The molecular weight excluding hydrogens is 378 g/mol. The molecule has 1 aromatic carbocycles. The molecule has 1 saturated carbocycles. The molecule has 2 N–H and O–H groups in total. The molecule has 0 amide bonds. The van der Waals surface area contributed by atoms with Crippen LogP contribution in [0.1, 0.15) is 34.5 Å². The average molecular weight is 398 g/mol. The van der Waals surface area contributed by atoms with Crippen LogP contribution in [0, 0.1) is 12.8 Å². The lowest BCUT2D eigenvalue weighted by atomic mass is 10.0. The van der Waals surface area contributed by atoms with E-state index in [0.29, 0.717) is 18.2 Å². The Bertz CT molecular complexity index is 1050. The summed E-state index contributed by atoms with van der Waals surface area (Å²) in [5, 5.41) is 5.87. The van der Waals surface area contributed by atoms with Crippen LogP contribution >= 0.6 is 11.6 Å². The first-order valence-corrected chi connectivity index (χ1v) is 10.4. The van der Waals surface area contributed by atoms with Gasteiger partial charge in [0.25, 0.3) is 5.56 Å². The largest absolute Gasteiger partial charge is 0.382 e. The first-order chi connectivity index (χ1) is 12.1. The van der Waals surface area contributed by atoms with Crippen LogP contribution in [0.3, 0.4) is 0 Å². The summed E-state index contributed by atoms with van der Waals surface area (Å²) in [7, 11) is -2.02. The fourth-order valence-electron chi connectivity index (χ4n) is 2.86. The SMILES string of the molecule is Cc1[nH]n(C)c(=O)c1C(=O)c1ccc(S(C)(=O)=O)c(NCC2CC2)c1Cl. The standard InChI is InChI=1S/C17H20ClN3O4S/c1-9-13(17(23)21(2)20-9)16(22)11-6-7-12(26(3,24)25)15(14(11)18)19-8-10-4-5-10/h6-7,10,19-20H,4-5,8H2,1-3H3. The second kappa shape index (κ2) is 6.59. The highest BCUT2D eigenvalue weighted by atomic mass is 35.5. The maximum absolute atomic E-state index is 12.9. The van der Waals surface area contributed by atoms with Crippen molar-refractivity contribution in [1.29, 1.82) is 0 Å². The summed E-state index contributed by atoms with van der Waals surface area (Å²) in [6.07, 6.45) is 3.25. The number of aryl methyl sites for hydroxylation is 2. The second-order valence-electron chi connectivity index (χ2n) is 6.70. The van der Waals surface area contributed by atoms with Crippen LogP contribution in [0.15, 0.2) is 21.8 Å². The first kappa shape index (κ1) is 18.7. The number of aromatic amines is 1. The van der Waals surface area contributed by atoms with Crippen LogP contribution in [-0.2, 0) is 16.9 Å². The summed E-state index contributed by atoms with van der Waals surface area (Å²) in [6.45, 7) is 2.21. The van der Waals surface area contributed by atoms with E-state index < -0.39 is 21.2 Å². The molecule has 1 aliphatic rings. The van der Waals surface area contributed by atoms with E-state index in [-0.39, 0.29) is 26.7 Å². The summed E-state index contributed by atoms with van der Waals surface area (Å²) >= 11 is 6.41. The lowest BCUT2D eigenvalue weighted by Crippen LogP contribution is -2.20. The Labute approximate surface area is 156 Å². The Kier molecular flexibility index (Phi) is 4.74. The highest BCUT2D eigenvalue weighted by molar-refractivity contribution is 7.90. The Hall–Kier alpha value is -2.06. The molecule has 0 saturated heterocycles. The van der Waals surface area contributed by atoms with E-state index in [4.69, 9.17) is 11.6 Å². The molecule has 0 aliphatic heterocycles. The van der Waals surface area contributed by atoms with Gasteiger partial charge in [0.05, 0.1) is 15.6 Å². The van der Waals surface area contributed by atoms with Crippen LogP contribution in [0.2, 0.25) is 5.02 Å². The Morgan fingerprint density at radius 2 is 2.04 bits per heavy atom. The van der Waals surface area contributed by atoms with Gasteiger partial charge in [0.2, 0.25) is 5.78 Å². The first-order valence-electron chi connectivity index (χ1n) is 8.18. The second-order valence-corrected chi connectivity index (χ2v) is 9.06. The fourth-order valence-corrected chi connectivity index (χ4v) is 4.10. The van der Waals surface area contributed by atoms with E-state index in [1.165, 1.54) is 23.9 Å². The molecule has 0 unspecified atom stereocenters. The van der Waals surface area contributed by atoms with Gasteiger partial charge >= 0.3 is 0 Å². The van der Waals surface area contributed by atoms with E-state index >= 15 is 0 Å². The van der Waals surface area contributed by atoms with Crippen molar-refractivity contribution in [3.8, 4) is 0 Å². The number of hydrogen-bond donors (Lipinski definition) is 2. The molecule has 1 aromatic heterocycles. The maximum atomic E-state index is 12.9. The molecule has 2 aromatic rings. The van der Waals surface area contributed by atoms with Crippen molar-refractivity contribution in [1.82, 2.24) is 9.78 Å². The molecule has 1 fully saturated rings. The predicted molar refractivity (Wildman–Crippen MR) is 100.0 cm³/mol. The van der Waals surface area contributed by atoms with Crippen molar-refractivity contribution in [3.63, 3.8) is 0 Å². The van der Waals surface area contributed by atoms with Gasteiger partial charge in [-0.1, -0.05) is 11.6 Å². The lowest BCUT2D eigenvalue weighted by Gasteiger charge is -2.15. The summed E-state index contributed by atoms with van der Waals surface area (Å²) in [5.74, 6) is -0.0547. The number of hydrogen-bond acceptors (Lipinski definition) is 5. The van der Waals surface area contributed by atoms with Crippen LogP contribution in [0.4, 0.5) is 5.69 Å². The molecule has 0 radical (unpaired) electrons. The molecule has 0 bridgehead atoms. The molecule has 0 atom stereocenters. The van der Waals surface area contributed by atoms with Crippen molar-refractivity contribution in [2.75, 3.05) is 18.1 Å².